The van der Waals surface area contributed by atoms with Crippen LogP contribution in [0.4, 0.5) is 5.82 Å². The molecule has 0 radical (unpaired) electrons. The Morgan fingerprint density at radius 1 is 0.886 bits per heavy atom. The molecule has 4 atom stereocenters. The maximum Gasteiger partial charge on any atom is 0.197 e. The van der Waals surface area contributed by atoms with Crippen molar-refractivity contribution < 1.29 is 14.9 Å². The van der Waals surface area contributed by atoms with Gasteiger partial charge in [-0.2, -0.15) is 4.37 Å². The molecular weight excluding hydrogens is 460 g/mol. The number of fused-ring (bicyclic) bond motifs is 4. The molecule has 1 aliphatic carbocycles. The lowest BCUT2D eigenvalue weighted by Crippen LogP contribution is -2.49. The average Bonchev–Trinajstić information content (AvgIpc) is 3.66. The lowest BCUT2D eigenvalue weighted by molar-refractivity contribution is 0.0957. The molecule has 2 bridgehead atoms. The highest BCUT2D eigenvalue weighted by Crippen LogP contribution is 2.44. The van der Waals surface area contributed by atoms with Gasteiger partial charge in [0.15, 0.2) is 11.8 Å². The van der Waals surface area contributed by atoms with E-state index in [-0.39, 0.29) is 29.9 Å². The normalized spacial score (nSPS) is 28.3. The van der Waals surface area contributed by atoms with Crippen molar-refractivity contribution in [3.8, 4) is 11.8 Å². The van der Waals surface area contributed by atoms with Crippen LogP contribution in [-0.2, 0) is 24.1 Å². The molecule has 184 valence electrons. The summed E-state index contributed by atoms with van der Waals surface area (Å²) >= 11 is 1.58. The van der Waals surface area contributed by atoms with Crippen LogP contribution in [0, 0.1) is 11.8 Å². The van der Waals surface area contributed by atoms with Crippen molar-refractivity contribution in [3.63, 3.8) is 0 Å². The summed E-state index contributed by atoms with van der Waals surface area (Å²) in [7, 11) is 0. The van der Waals surface area contributed by atoms with Gasteiger partial charge in [-0.3, -0.25) is 9.47 Å². The third-order valence-electron chi connectivity index (χ3n) is 8.61. The van der Waals surface area contributed by atoms with Gasteiger partial charge in [0.05, 0.1) is 16.9 Å². The van der Waals surface area contributed by atoms with Gasteiger partial charge >= 0.3 is 0 Å². The second kappa shape index (κ2) is 8.54. The molecular formula is C27H32N4O3S. The SMILES string of the molecule is Oc1c2c(c(O)n1CC1C3C=CC(O3)C1CN1CCN(c3nsc4ccccc34)CC1)CCCC2. The number of hydrogen-bond acceptors (Lipinski definition) is 7. The summed E-state index contributed by atoms with van der Waals surface area (Å²) in [6, 6.07) is 8.49. The monoisotopic (exact) mass is 492 g/mol. The first-order valence-corrected chi connectivity index (χ1v) is 13.7. The molecule has 2 saturated heterocycles. The van der Waals surface area contributed by atoms with Crippen LogP contribution in [0.3, 0.4) is 0 Å². The van der Waals surface area contributed by atoms with Gasteiger partial charge < -0.3 is 19.8 Å². The van der Waals surface area contributed by atoms with E-state index < -0.39 is 0 Å². The Bertz CT molecular complexity index is 1250. The van der Waals surface area contributed by atoms with Crippen LogP contribution < -0.4 is 4.90 Å². The molecule has 1 aromatic carbocycles. The highest BCUT2D eigenvalue weighted by molar-refractivity contribution is 7.13. The fraction of sp³-hybridized carbons (Fsp3) is 0.519. The van der Waals surface area contributed by atoms with Crippen LogP contribution in [0.2, 0.25) is 0 Å². The first-order chi connectivity index (χ1) is 17.2. The third-order valence-corrected chi connectivity index (χ3v) is 9.43. The molecule has 7 nitrogen and oxygen atoms in total. The number of aromatic nitrogens is 2. The third kappa shape index (κ3) is 3.57. The van der Waals surface area contributed by atoms with E-state index in [9.17, 15) is 10.2 Å². The van der Waals surface area contributed by atoms with Crippen molar-refractivity contribution in [2.75, 3.05) is 37.6 Å². The van der Waals surface area contributed by atoms with E-state index in [1.807, 2.05) is 0 Å². The minimum absolute atomic E-state index is 0.0610. The summed E-state index contributed by atoms with van der Waals surface area (Å²) in [4.78, 5) is 4.98. The van der Waals surface area contributed by atoms with Gasteiger partial charge in [0, 0.05) is 67.6 Å². The minimum Gasteiger partial charge on any atom is -0.494 e. The number of anilines is 1. The van der Waals surface area contributed by atoms with Crippen molar-refractivity contribution in [2.45, 2.75) is 44.4 Å². The fourth-order valence-electron chi connectivity index (χ4n) is 6.69. The first-order valence-electron chi connectivity index (χ1n) is 12.9. The predicted molar refractivity (Wildman–Crippen MR) is 137 cm³/mol. The number of hydrogen-bond donors (Lipinski definition) is 2. The summed E-state index contributed by atoms with van der Waals surface area (Å²) in [6.07, 6.45) is 8.45. The molecule has 35 heavy (non-hydrogen) atoms. The maximum absolute atomic E-state index is 10.9. The summed E-state index contributed by atoms with van der Waals surface area (Å²) in [5.41, 5.74) is 1.91. The summed E-state index contributed by atoms with van der Waals surface area (Å²) < 4.78 is 14.0. The van der Waals surface area contributed by atoms with E-state index in [1.165, 1.54) is 10.1 Å². The number of piperazine rings is 1. The maximum atomic E-state index is 10.9. The fourth-order valence-corrected chi connectivity index (χ4v) is 7.49. The van der Waals surface area contributed by atoms with E-state index in [1.54, 1.807) is 16.1 Å². The molecule has 3 aromatic rings. The number of benzene rings is 1. The Morgan fingerprint density at radius 3 is 2.26 bits per heavy atom. The lowest BCUT2D eigenvalue weighted by Gasteiger charge is -2.38. The number of rotatable bonds is 5. The quantitative estimate of drug-likeness (QED) is 0.528. The van der Waals surface area contributed by atoms with E-state index >= 15 is 0 Å². The Morgan fingerprint density at radius 2 is 1.54 bits per heavy atom. The molecule has 5 heterocycles. The number of ether oxygens (including phenoxy) is 1. The number of aromatic hydroxyl groups is 2. The van der Waals surface area contributed by atoms with Crippen molar-refractivity contribution in [1.29, 1.82) is 0 Å². The van der Waals surface area contributed by atoms with Gasteiger partial charge in [0.2, 0.25) is 0 Å². The van der Waals surface area contributed by atoms with Crippen molar-refractivity contribution in [2.24, 2.45) is 11.8 Å². The van der Waals surface area contributed by atoms with E-state index in [2.05, 4.69) is 46.2 Å². The average molecular weight is 493 g/mol. The van der Waals surface area contributed by atoms with Gasteiger partial charge in [0.25, 0.3) is 0 Å². The molecule has 4 aliphatic rings. The zero-order valence-electron chi connectivity index (χ0n) is 19.8. The molecule has 8 heteroatoms. The summed E-state index contributed by atoms with van der Waals surface area (Å²) in [6.45, 7) is 5.54. The molecule has 2 N–H and O–H groups in total. The Kier molecular flexibility index (Phi) is 5.29. The first kappa shape index (κ1) is 21.7. The Hall–Kier alpha value is -2.55. The topological polar surface area (TPSA) is 74.0 Å². The van der Waals surface area contributed by atoms with E-state index in [0.29, 0.717) is 12.5 Å². The number of nitrogens with zero attached hydrogens (tertiary/aromatic N) is 4. The van der Waals surface area contributed by atoms with Gasteiger partial charge in [-0.05, 0) is 49.3 Å². The molecule has 4 unspecified atom stereocenters. The van der Waals surface area contributed by atoms with Crippen LogP contribution in [0.1, 0.15) is 24.0 Å². The molecule has 7 rings (SSSR count). The zero-order chi connectivity index (χ0) is 23.5. The molecule has 0 amide bonds. The Balaban J connectivity index is 1.05. The summed E-state index contributed by atoms with van der Waals surface area (Å²) in [5.74, 6) is 2.27. The van der Waals surface area contributed by atoms with Crippen molar-refractivity contribution >= 4 is 27.4 Å². The zero-order valence-corrected chi connectivity index (χ0v) is 20.7. The van der Waals surface area contributed by atoms with Gasteiger partial charge in [-0.15, -0.1) is 0 Å². The largest absolute Gasteiger partial charge is 0.494 e. The van der Waals surface area contributed by atoms with Crippen molar-refractivity contribution in [3.05, 3.63) is 47.5 Å². The van der Waals surface area contributed by atoms with E-state index in [4.69, 9.17) is 9.11 Å². The van der Waals surface area contributed by atoms with Crippen LogP contribution in [0.15, 0.2) is 36.4 Å². The van der Waals surface area contributed by atoms with Crippen LogP contribution in [0.25, 0.3) is 10.1 Å². The summed E-state index contributed by atoms with van der Waals surface area (Å²) in [5, 5.41) is 23.1. The molecule has 0 spiro atoms. The van der Waals surface area contributed by atoms with Crippen LogP contribution in [0.5, 0.6) is 11.8 Å². The molecule has 0 saturated carbocycles. The van der Waals surface area contributed by atoms with Crippen molar-refractivity contribution in [1.82, 2.24) is 13.8 Å². The standard InChI is InChI=1S/C27H32N4O3S/c32-26-17-5-1-2-6-18(17)27(33)31(26)16-21-20(22-9-10-23(21)34-22)15-29-11-13-30(14-12-29)25-19-7-3-4-8-24(19)35-28-25/h3-4,7-10,20-23,32-33H,1-2,5-6,11-16H2. The Labute approximate surface area is 209 Å². The second-order valence-corrected chi connectivity index (χ2v) is 11.3. The molecule has 3 aliphatic heterocycles. The van der Waals surface area contributed by atoms with Gasteiger partial charge in [0.1, 0.15) is 5.82 Å². The highest BCUT2D eigenvalue weighted by Gasteiger charge is 2.47. The molecule has 2 fully saturated rings. The smallest absolute Gasteiger partial charge is 0.197 e. The molecule has 2 aromatic heterocycles. The predicted octanol–water partition coefficient (Wildman–Crippen LogP) is 3.78. The minimum atomic E-state index is 0.0610. The van der Waals surface area contributed by atoms with Crippen LogP contribution in [-0.4, -0.2) is 69.0 Å². The highest BCUT2D eigenvalue weighted by atomic mass is 32.1. The van der Waals surface area contributed by atoms with Gasteiger partial charge in [-0.25, -0.2) is 0 Å². The second-order valence-electron chi connectivity index (χ2n) is 10.5. The van der Waals surface area contributed by atoms with Crippen LogP contribution >= 0.6 is 11.5 Å². The van der Waals surface area contributed by atoms with Gasteiger partial charge in [-0.1, -0.05) is 24.3 Å². The van der Waals surface area contributed by atoms with E-state index in [0.717, 1.165) is 75.4 Å². The lowest BCUT2D eigenvalue weighted by atomic mass is 9.82.